The highest BCUT2D eigenvalue weighted by atomic mass is 35.5. The zero-order valence-corrected chi connectivity index (χ0v) is 14.9. The fourth-order valence-electron chi connectivity index (χ4n) is 2.16. The van der Waals surface area contributed by atoms with Crippen LogP contribution in [0, 0.1) is 0 Å². The fraction of sp³-hybridized carbons (Fsp3) is 0.588. The van der Waals surface area contributed by atoms with Gasteiger partial charge in [0.05, 0.1) is 18.7 Å². The first-order valence-electron chi connectivity index (χ1n) is 8.08. The molecular weight excluding hydrogens is 316 g/mol. The molecule has 6 heteroatoms. The van der Waals surface area contributed by atoms with Gasteiger partial charge in [0, 0.05) is 18.2 Å². The number of halogens is 1. The maximum absolute atomic E-state index is 12.4. The van der Waals surface area contributed by atoms with E-state index >= 15 is 0 Å². The van der Waals surface area contributed by atoms with E-state index < -0.39 is 0 Å². The molecule has 130 valence electrons. The minimum atomic E-state index is -0.209. The van der Waals surface area contributed by atoms with Gasteiger partial charge < -0.3 is 20.5 Å². The van der Waals surface area contributed by atoms with Gasteiger partial charge in [-0.15, -0.1) is 0 Å². The van der Waals surface area contributed by atoms with E-state index in [9.17, 15) is 4.79 Å². The zero-order valence-electron chi connectivity index (χ0n) is 14.2. The SMILES string of the molecule is CCCCC(CN)NC(=O)c1cc(Cl)c(OCCC)c(OC)c1. The van der Waals surface area contributed by atoms with Crippen molar-refractivity contribution in [2.45, 2.75) is 45.6 Å². The number of benzene rings is 1. The zero-order chi connectivity index (χ0) is 17.2. The number of nitrogens with two attached hydrogens (primary N) is 1. The first-order chi connectivity index (χ1) is 11.1. The Balaban J connectivity index is 2.90. The van der Waals surface area contributed by atoms with Crippen LogP contribution in [0.5, 0.6) is 11.5 Å². The number of hydrogen-bond donors (Lipinski definition) is 2. The summed E-state index contributed by atoms with van der Waals surface area (Å²) in [5.41, 5.74) is 6.16. The number of methoxy groups -OCH3 is 1. The lowest BCUT2D eigenvalue weighted by Crippen LogP contribution is -2.40. The minimum Gasteiger partial charge on any atom is -0.493 e. The lowest BCUT2D eigenvalue weighted by molar-refractivity contribution is 0.0935. The molecule has 1 rings (SSSR count). The Morgan fingerprint density at radius 2 is 2.09 bits per heavy atom. The summed E-state index contributed by atoms with van der Waals surface area (Å²) in [7, 11) is 1.52. The van der Waals surface area contributed by atoms with Gasteiger partial charge in [0.2, 0.25) is 0 Å². The number of carbonyl (C=O) groups excluding carboxylic acids is 1. The first-order valence-corrected chi connectivity index (χ1v) is 8.46. The maximum Gasteiger partial charge on any atom is 0.251 e. The third kappa shape index (κ3) is 5.92. The fourth-order valence-corrected chi connectivity index (χ4v) is 2.43. The van der Waals surface area contributed by atoms with Gasteiger partial charge in [0.25, 0.3) is 5.91 Å². The molecule has 1 unspecified atom stereocenters. The molecule has 0 aromatic heterocycles. The van der Waals surface area contributed by atoms with Gasteiger partial charge >= 0.3 is 0 Å². The summed E-state index contributed by atoms with van der Waals surface area (Å²) in [6.45, 7) is 5.06. The number of amides is 1. The lowest BCUT2D eigenvalue weighted by atomic mass is 10.1. The second kappa shape index (κ2) is 10.3. The molecule has 0 aliphatic rings. The van der Waals surface area contributed by atoms with Crippen LogP contribution < -0.4 is 20.5 Å². The number of unbranched alkanes of at least 4 members (excludes halogenated alkanes) is 1. The standard InChI is InChI=1S/C17H27ClN2O3/c1-4-6-7-13(11-19)20-17(21)12-9-14(18)16(23-8-5-2)15(10-12)22-3/h9-10,13H,4-8,11,19H2,1-3H3,(H,20,21). The molecule has 3 N–H and O–H groups in total. The predicted octanol–water partition coefficient (Wildman–Crippen LogP) is 3.38. The molecule has 0 saturated carbocycles. The van der Waals surface area contributed by atoms with Crippen molar-refractivity contribution < 1.29 is 14.3 Å². The van der Waals surface area contributed by atoms with Gasteiger partial charge in [-0.3, -0.25) is 4.79 Å². The van der Waals surface area contributed by atoms with Crippen molar-refractivity contribution in [2.75, 3.05) is 20.3 Å². The minimum absolute atomic E-state index is 0.0387. The van der Waals surface area contributed by atoms with Gasteiger partial charge in [-0.1, -0.05) is 38.3 Å². The molecule has 0 aliphatic carbocycles. The van der Waals surface area contributed by atoms with E-state index in [-0.39, 0.29) is 11.9 Å². The molecule has 0 aliphatic heterocycles. The summed E-state index contributed by atoms with van der Waals surface area (Å²) >= 11 is 6.24. The van der Waals surface area contributed by atoms with Crippen LogP contribution in [-0.4, -0.2) is 32.2 Å². The Morgan fingerprint density at radius 3 is 2.65 bits per heavy atom. The van der Waals surface area contributed by atoms with Gasteiger partial charge in [-0.25, -0.2) is 0 Å². The highest BCUT2D eigenvalue weighted by molar-refractivity contribution is 6.32. The van der Waals surface area contributed by atoms with E-state index in [1.165, 1.54) is 7.11 Å². The van der Waals surface area contributed by atoms with Gasteiger partial charge in [0.15, 0.2) is 11.5 Å². The van der Waals surface area contributed by atoms with Crippen LogP contribution in [0.15, 0.2) is 12.1 Å². The van der Waals surface area contributed by atoms with Crippen molar-refractivity contribution in [3.05, 3.63) is 22.7 Å². The normalized spacial score (nSPS) is 11.9. The van der Waals surface area contributed by atoms with Gasteiger partial charge in [-0.05, 0) is 25.0 Å². The maximum atomic E-state index is 12.4. The van der Waals surface area contributed by atoms with E-state index in [0.717, 1.165) is 25.7 Å². The van der Waals surface area contributed by atoms with Crippen LogP contribution in [0.4, 0.5) is 0 Å². The summed E-state index contributed by atoms with van der Waals surface area (Å²) in [5.74, 6) is 0.710. The molecule has 1 atom stereocenters. The smallest absolute Gasteiger partial charge is 0.251 e. The molecule has 0 bridgehead atoms. The third-order valence-corrected chi connectivity index (χ3v) is 3.75. The third-order valence-electron chi connectivity index (χ3n) is 3.47. The second-order valence-electron chi connectivity index (χ2n) is 5.39. The number of carbonyl (C=O) groups is 1. The van der Waals surface area contributed by atoms with Crippen molar-refractivity contribution in [3.63, 3.8) is 0 Å². The Hall–Kier alpha value is -1.46. The topological polar surface area (TPSA) is 73.6 Å². The largest absolute Gasteiger partial charge is 0.493 e. The quantitative estimate of drug-likeness (QED) is 0.683. The Morgan fingerprint density at radius 1 is 1.35 bits per heavy atom. The van der Waals surface area contributed by atoms with Gasteiger partial charge in [0.1, 0.15) is 0 Å². The Labute approximate surface area is 143 Å². The molecule has 0 heterocycles. The predicted molar refractivity (Wildman–Crippen MR) is 93.6 cm³/mol. The molecule has 0 radical (unpaired) electrons. The van der Waals surface area contributed by atoms with Crippen LogP contribution in [0.3, 0.4) is 0 Å². The average Bonchev–Trinajstić information content (AvgIpc) is 2.56. The van der Waals surface area contributed by atoms with Crippen LogP contribution in [0.2, 0.25) is 5.02 Å². The van der Waals surface area contributed by atoms with Crippen molar-refractivity contribution in [2.24, 2.45) is 5.73 Å². The molecule has 1 aromatic rings. The molecular formula is C17H27ClN2O3. The summed E-state index contributed by atoms with van der Waals surface area (Å²) < 4.78 is 10.9. The van der Waals surface area contributed by atoms with E-state index in [2.05, 4.69) is 12.2 Å². The van der Waals surface area contributed by atoms with Gasteiger partial charge in [-0.2, -0.15) is 0 Å². The molecule has 0 fully saturated rings. The monoisotopic (exact) mass is 342 g/mol. The summed E-state index contributed by atoms with van der Waals surface area (Å²) in [6.07, 6.45) is 3.81. The molecule has 0 spiro atoms. The van der Waals surface area contributed by atoms with Crippen molar-refractivity contribution in [3.8, 4) is 11.5 Å². The highest BCUT2D eigenvalue weighted by Gasteiger charge is 2.18. The average molecular weight is 343 g/mol. The summed E-state index contributed by atoms with van der Waals surface area (Å²) in [4.78, 5) is 12.4. The van der Waals surface area contributed by atoms with Crippen LogP contribution in [0.1, 0.15) is 49.9 Å². The summed E-state index contributed by atoms with van der Waals surface area (Å²) in [6, 6.07) is 3.19. The molecule has 5 nitrogen and oxygen atoms in total. The molecule has 0 saturated heterocycles. The molecule has 23 heavy (non-hydrogen) atoms. The number of hydrogen-bond acceptors (Lipinski definition) is 4. The van der Waals surface area contributed by atoms with Crippen molar-refractivity contribution in [1.29, 1.82) is 0 Å². The summed E-state index contributed by atoms with van der Waals surface area (Å²) in [5, 5.41) is 3.30. The van der Waals surface area contributed by atoms with Crippen LogP contribution >= 0.6 is 11.6 Å². The molecule has 1 aromatic carbocycles. The van der Waals surface area contributed by atoms with E-state index in [4.69, 9.17) is 26.8 Å². The molecule has 1 amide bonds. The number of rotatable bonds is 10. The second-order valence-corrected chi connectivity index (χ2v) is 5.79. The van der Waals surface area contributed by atoms with Crippen LogP contribution in [-0.2, 0) is 0 Å². The number of nitrogens with one attached hydrogen (secondary N) is 1. The van der Waals surface area contributed by atoms with E-state index in [0.29, 0.717) is 35.2 Å². The lowest BCUT2D eigenvalue weighted by Gasteiger charge is -2.18. The highest BCUT2D eigenvalue weighted by Crippen LogP contribution is 2.36. The van der Waals surface area contributed by atoms with Crippen molar-refractivity contribution >= 4 is 17.5 Å². The number of ether oxygens (including phenoxy) is 2. The first kappa shape index (κ1) is 19.6. The van der Waals surface area contributed by atoms with Crippen molar-refractivity contribution in [1.82, 2.24) is 5.32 Å². The van der Waals surface area contributed by atoms with E-state index in [1.807, 2.05) is 6.92 Å². The van der Waals surface area contributed by atoms with E-state index in [1.54, 1.807) is 12.1 Å². The van der Waals surface area contributed by atoms with Crippen LogP contribution in [0.25, 0.3) is 0 Å². The Kier molecular flexibility index (Phi) is 8.81. The Bertz CT molecular complexity index is 509.